The number of hydrogen-bond acceptors (Lipinski definition) is 2. The molecule has 1 atom stereocenters. The van der Waals surface area contributed by atoms with E-state index in [2.05, 4.69) is 5.32 Å². The van der Waals surface area contributed by atoms with Crippen LogP contribution in [0, 0.1) is 24.1 Å². The van der Waals surface area contributed by atoms with Crippen molar-refractivity contribution in [1.29, 1.82) is 5.26 Å². The molecule has 13 heavy (non-hydrogen) atoms. The maximum atomic E-state index is 13.2. The molecule has 0 saturated carbocycles. The molecule has 0 aliphatic carbocycles. The molecular formula is C10H11FN2. The van der Waals surface area contributed by atoms with E-state index in [1.165, 1.54) is 6.07 Å². The van der Waals surface area contributed by atoms with E-state index < -0.39 is 6.04 Å². The van der Waals surface area contributed by atoms with Crippen molar-refractivity contribution < 1.29 is 4.39 Å². The van der Waals surface area contributed by atoms with Gasteiger partial charge in [0, 0.05) is 5.56 Å². The third-order valence-corrected chi connectivity index (χ3v) is 1.88. The van der Waals surface area contributed by atoms with Crippen molar-refractivity contribution in [3.8, 4) is 6.07 Å². The number of hydrogen-bond donors (Lipinski definition) is 1. The van der Waals surface area contributed by atoms with Gasteiger partial charge >= 0.3 is 0 Å². The van der Waals surface area contributed by atoms with Crippen molar-refractivity contribution in [2.75, 3.05) is 7.05 Å². The van der Waals surface area contributed by atoms with Crippen molar-refractivity contribution in [2.24, 2.45) is 0 Å². The minimum atomic E-state index is -0.570. The fourth-order valence-corrected chi connectivity index (χ4v) is 1.17. The summed E-state index contributed by atoms with van der Waals surface area (Å²) >= 11 is 0. The average molecular weight is 178 g/mol. The van der Waals surface area contributed by atoms with Crippen molar-refractivity contribution in [2.45, 2.75) is 13.0 Å². The molecule has 1 aromatic rings. The summed E-state index contributed by atoms with van der Waals surface area (Å²) in [5.41, 5.74) is 1.36. The molecule has 0 bridgehead atoms. The molecule has 1 unspecified atom stereocenters. The molecule has 0 aliphatic heterocycles. The molecule has 1 aromatic carbocycles. The van der Waals surface area contributed by atoms with Gasteiger partial charge in [-0.05, 0) is 20.0 Å². The summed E-state index contributed by atoms with van der Waals surface area (Å²) in [7, 11) is 1.63. The highest BCUT2D eigenvalue weighted by molar-refractivity contribution is 5.29. The first-order valence-corrected chi connectivity index (χ1v) is 4.02. The standard InChI is InChI=1S/C10H11FN2/c1-7-3-4-9(11)8(5-7)10(6-12)13-2/h3-5,10,13H,1-2H3. The highest BCUT2D eigenvalue weighted by Crippen LogP contribution is 2.17. The summed E-state index contributed by atoms with van der Waals surface area (Å²) in [6.45, 7) is 1.87. The van der Waals surface area contributed by atoms with E-state index in [9.17, 15) is 4.39 Å². The van der Waals surface area contributed by atoms with Crippen LogP contribution in [0.5, 0.6) is 0 Å². The first-order valence-electron chi connectivity index (χ1n) is 4.02. The van der Waals surface area contributed by atoms with Crippen molar-refractivity contribution >= 4 is 0 Å². The van der Waals surface area contributed by atoms with E-state index in [1.54, 1.807) is 19.2 Å². The van der Waals surface area contributed by atoms with E-state index in [1.807, 2.05) is 13.0 Å². The summed E-state index contributed by atoms with van der Waals surface area (Å²) in [5, 5.41) is 11.5. The number of nitrogens with one attached hydrogen (secondary N) is 1. The molecule has 0 heterocycles. The second-order valence-electron chi connectivity index (χ2n) is 2.88. The predicted molar refractivity (Wildman–Crippen MR) is 48.6 cm³/mol. The average Bonchev–Trinajstić information content (AvgIpc) is 2.13. The van der Waals surface area contributed by atoms with E-state index in [-0.39, 0.29) is 5.82 Å². The first kappa shape index (κ1) is 9.69. The summed E-state index contributed by atoms with van der Waals surface area (Å²) in [4.78, 5) is 0. The molecule has 0 spiro atoms. The van der Waals surface area contributed by atoms with Crippen molar-refractivity contribution in [3.63, 3.8) is 0 Å². The van der Waals surface area contributed by atoms with E-state index in [0.29, 0.717) is 5.56 Å². The summed E-state index contributed by atoms with van der Waals surface area (Å²) in [5.74, 6) is -0.341. The van der Waals surface area contributed by atoms with Gasteiger partial charge in [0.05, 0.1) is 6.07 Å². The third kappa shape index (κ3) is 2.04. The number of rotatable bonds is 2. The molecule has 2 nitrogen and oxygen atoms in total. The Kier molecular flexibility index (Phi) is 2.99. The van der Waals surface area contributed by atoms with Gasteiger partial charge in [-0.3, -0.25) is 0 Å². The molecule has 0 aliphatic rings. The summed E-state index contributed by atoms with van der Waals surface area (Å²) < 4.78 is 13.2. The number of benzene rings is 1. The minimum Gasteiger partial charge on any atom is -0.301 e. The van der Waals surface area contributed by atoms with Gasteiger partial charge < -0.3 is 5.32 Å². The quantitative estimate of drug-likeness (QED) is 0.751. The molecule has 68 valence electrons. The Hall–Kier alpha value is -1.40. The first-order chi connectivity index (χ1) is 6.19. The van der Waals surface area contributed by atoms with Crippen LogP contribution in [0.4, 0.5) is 4.39 Å². The molecule has 1 rings (SSSR count). The monoisotopic (exact) mass is 178 g/mol. The van der Waals surface area contributed by atoms with Crippen LogP contribution in [-0.2, 0) is 0 Å². The number of nitrogens with zero attached hydrogens (tertiary/aromatic N) is 1. The largest absolute Gasteiger partial charge is 0.301 e. The Morgan fingerprint density at radius 3 is 2.77 bits per heavy atom. The van der Waals surface area contributed by atoms with Gasteiger partial charge in [-0.2, -0.15) is 5.26 Å². The van der Waals surface area contributed by atoms with E-state index in [0.717, 1.165) is 5.56 Å². The van der Waals surface area contributed by atoms with Gasteiger partial charge in [0.1, 0.15) is 11.9 Å². The molecule has 3 heteroatoms. The van der Waals surface area contributed by atoms with Crippen LogP contribution in [0.3, 0.4) is 0 Å². The molecule has 0 aromatic heterocycles. The second kappa shape index (κ2) is 4.01. The van der Waals surface area contributed by atoms with Gasteiger partial charge in [-0.15, -0.1) is 0 Å². The minimum absolute atomic E-state index is 0.341. The highest BCUT2D eigenvalue weighted by Gasteiger charge is 2.12. The Labute approximate surface area is 77.0 Å². The van der Waals surface area contributed by atoms with Gasteiger partial charge in [0.25, 0.3) is 0 Å². The number of halogens is 1. The van der Waals surface area contributed by atoms with Crippen LogP contribution < -0.4 is 5.32 Å². The van der Waals surface area contributed by atoms with Crippen molar-refractivity contribution in [3.05, 3.63) is 35.1 Å². The number of aryl methyl sites for hydroxylation is 1. The maximum absolute atomic E-state index is 13.2. The maximum Gasteiger partial charge on any atom is 0.129 e. The fourth-order valence-electron chi connectivity index (χ4n) is 1.17. The van der Waals surface area contributed by atoms with E-state index in [4.69, 9.17) is 5.26 Å². The molecule has 0 amide bonds. The zero-order valence-electron chi connectivity index (χ0n) is 7.63. The lowest BCUT2D eigenvalue weighted by Crippen LogP contribution is -2.15. The normalized spacial score (nSPS) is 12.2. The summed E-state index contributed by atoms with van der Waals surface area (Å²) in [6, 6.07) is 6.16. The van der Waals surface area contributed by atoms with Crippen LogP contribution in [0.15, 0.2) is 18.2 Å². The lowest BCUT2D eigenvalue weighted by atomic mass is 10.1. The molecular weight excluding hydrogens is 167 g/mol. The third-order valence-electron chi connectivity index (χ3n) is 1.88. The molecule has 0 fully saturated rings. The van der Waals surface area contributed by atoms with Gasteiger partial charge in [-0.25, -0.2) is 4.39 Å². The molecule has 1 N–H and O–H groups in total. The van der Waals surface area contributed by atoms with Gasteiger partial charge in [0.15, 0.2) is 0 Å². The van der Waals surface area contributed by atoms with Crippen LogP contribution in [0.25, 0.3) is 0 Å². The van der Waals surface area contributed by atoms with E-state index >= 15 is 0 Å². The zero-order chi connectivity index (χ0) is 9.84. The molecule has 0 saturated heterocycles. The van der Waals surface area contributed by atoms with Crippen LogP contribution >= 0.6 is 0 Å². The lowest BCUT2D eigenvalue weighted by Gasteiger charge is -2.09. The second-order valence-corrected chi connectivity index (χ2v) is 2.88. The van der Waals surface area contributed by atoms with Crippen LogP contribution in [0.2, 0.25) is 0 Å². The smallest absolute Gasteiger partial charge is 0.129 e. The Morgan fingerprint density at radius 1 is 1.54 bits per heavy atom. The topological polar surface area (TPSA) is 35.8 Å². The van der Waals surface area contributed by atoms with Crippen molar-refractivity contribution in [1.82, 2.24) is 5.32 Å². The SMILES string of the molecule is CNC(C#N)c1cc(C)ccc1F. The van der Waals surface area contributed by atoms with Crippen LogP contribution in [-0.4, -0.2) is 7.05 Å². The highest BCUT2D eigenvalue weighted by atomic mass is 19.1. The number of nitriles is 1. The van der Waals surface area contributed by atoms with Gasteiger partial charge in [0.2, 0.25) is 0 Å². The molecule has 0 radical (unpaired) electrons. The van der Waals surface area contributed by atoms with Crippen LogP contribution in [0.1, 0.15) is 17.2 Å². The van der Waals surface area contributed by atoms with Gasteiger partial charge in [-0.1, -0.05) is 17.7 Å². The lowest BCUT2D eigenvalue weighted by molar-refractivity contribution is 0.584. The fraction of sp³-hybridized carbons (Fsp3) is 0.300. The predicted octanol–water partition coefficient (Wildman–Crippen LogP) is 1.92. The Morgan fingerprint density at radius 2 is 2.23 bits per heavy atom. The Bertz CT molecular complexity index is 341. The Balaban J connectivity index is 3.13. The summed E-state index contributed by atoms with van der Waals surface area (Å²) in [6.07, 6.45) is 0. The zero-order valence-corrected chi connectivity index (χ0v) is 7.63.